The van der Waals surface area contributed by atoms with Gasteiger partial charge in [0.2, 0.25) is 0 Å². The summed E-state index contributed by atoms with van der Waals surface area (Å²) in [6.45, 7) is 4.91. The van der Waals surface area contributed by atoms with Gasteiger partial charge < -0.3 is 19.7 Å². The van der Waals surface area contributed by atoms with Gasteiger partial charge in [-0.25, -0.2) is 0 Å². The quantitative estimate of drug-likeness (QED) is 0.586. The first-order chi connectivity index (χ1) is 13.0. The maximum absolute atomic E-state index is 12.6. The zero-order valence-corrected chi connectivity index (χ0v) is 16.6. The highest BCUT2D eigenvalue weighted by Gasteiger charge is 2.21. The Morgan fingerprint density at radius 3 is 2.74 bits per heavy atom. The fourth-order valence-corrected chi connectivity index (χ4v) is 3.42. The molecule has 6 nitrogen and oxygen atoms in total. The molecule has 27 heavy (non-hydrogen) atoms. The molecule has 0 bridgehead atoms. The van der Waals surface area contributed by atoms with Crippen LogP contribution in [0.25, 0.3) is 0 Å². The largest absolute Gasteiger partial charge is 0.493 e. The normalized spacial score (nSPS) is 18.4. The molecule has 6 heteroatoms. The van der Waals surface area contributed by atoms with E-state index in [0.29, 0.717) is 17.5 Å². The number of ether oxygens (including phenoxy) is 2. The minimum Gasteiger partial charge on any atom is -0.493 e. The summed E-state index contributed by atoms with van der Waals surface area (Å²) in [6.07, 6.45) is 6.14. The van der Waals surface area contributed by atoms with E-state index in [1.54, 1.807) is 26.5 Å². The number of nitrogens with zero attached hydrogens (tertiary/aromatic N) is 2. The maximum atomic E-state index is 12.6. The van der Waals surface area contributed by atoms with Gasteiger partial charge in [0.25, 0.3) is 5.91 Å². The lowest BCUT2D eigenvalue weighted by molar-refractivity contribution is -0.117. The number of methoxy groups -OCH3 is 2. The Hall–Kier alpha value is -2.68. The second kappa shape index (κ2) is 9.86. The lowest BCUT2D eigenvalue weighted by atomic mass is 10.0. The van der Waals surface area contributed by atoms with E-state index in [9.17, 15) is 10.1 Å². The second-order valence-corrected chi connectivity index (χ2v) is 6.76. The van der Waals surface area contributed by atoms with E-state index in [-0.39, 0.29) is 17.5 Å². The first kappa shape index (κ1) is 20.6. The predicted octanol–water partition coefficient (Wildman–Crippen LogP) is 3.55. The molecule has 0 aromatic heterocycles. The van der Waals surface area contributed by atoms with Crippen LogP contribution in [0, 0.1) is 11.3 Å². The Balaban J connectivity index is 2.12. The molecule has 2 atom stereocenters. The summed E-state index contributed by atoms with van der Waals surface area (Å²) in [6, 6.07) is 7.70. The van der Waals surface area contributed by atoms with Crippen LogP contribution in [-0.2, 0) is 4.79 Å². The van der Waals surface area contributed by atoms with E-state index in [1.807, 2.05) is 19.1 Å². The second-order valence-electron chi connectivity index (χ2n) is 6.76. The van der Waals surface area contributed by atoms with Crippen molar-refractivity contribution in [2.75, 3.05) is 20.8 Å². The molecule has 1 saturated heterocycles. The highest BCUT2D eigenvalue weighted by Crippen LogP contribution is 2.30. The molecule has 0 saturated carbocycles. The molecule has 2 rings (SSSR count). The van der Waals surface area contributed by atoms with E-state index < -0.39 is 0 Å². The van der Waals surface area contributed by atoms with Crippen LogP contribution in [0.5, 0.6) is 11.5 Å². The number of nitriles is 1. The first-order valence-corrected chi connectivity index (χ1v) is 9.44. The van der Waals surface area contributed by atoms with Gasteiger partial charge in [-0.2, -0.15) is 5.26 Å². The van der Waals surface area contributed by atoms with Crippen LogP contribution in [-0.4, -0.2) is 37.6 Å². The lowest BCUT2D eigenvalue weighted by Crippen LogP contribution is -2.36. The Kier molecular flexibility index (Phi) is 7.54. The van der Waals surface area contributed by atoms with E-state index >= 15 is 0 Å². The summed E-state index contributed by atoms with van der Waals surface area (Å²) in [7, 11) is 3.15. The number of piperidine rings is 1. The number of benzene rings is 1. The Morgan fingerprint density at radius 2 is 2.11 bits per heavy atom. The van der Waals surface area contributed by atoms with Crippen LogP contribution in [0.3, 0.4) is 0 Å². The summed E-state index contributed by atoms with van der Waals surface area (Å²) < 4.78 is 10.6. The van der Waals surface area contributed by atoms with Crippen molar-refractivity contribution in [2.45, 2.75) is 51.6 Å². The fourth-order valence-electron chi connectivity index (χ4n) is 3.42. The lowest BCUT2D eigenvalue weighted by Gasteiger charge is -2.34. The van der Waals surface area contributed by atoms with Crippen molar-refractivity contribution in [3.8, 4) is 17.6 Å². The average Bonchev–Trinajstić information content (AvgIpc) is 2.71. The number of nitrogens with one attached hydrogen (secondary N) is 1. The number of hydrogen-bond donors (Lipinski definition) is 1. The van der Waals surface area contributed by atoms with Crippen molar-refractivity contribution >= 4 is 5.91 Å². The van der Waals surface area contributed by atoms with Gasteiger partial charge in [0.1, 0.15) is 11.6 Å². The molecule has 1 aromatic carbocycles. The minimum absolute atomic E-state index is 0.141. The van der Waals surface area contributed by atoms with Crippen molar-refractivity contribution in [3.63, 3.8) is 0 Å². The third-order valence-electron chi connectivity index (χ3n) is 5.06. The third-order valence-corrected chi connectivity index (χ3v) is 5.06. The summed E-state index contributed by atoms with van der Waals surface area (Å²) in [5, 5.41) is 12.4. The van der Waals surface area contributed by atoms with Gasteiger partial charge >= 0.3 is 0 Å². The van der Waals surface area contributed by atoms with Gasteiger partial charge in [0.15, 0.2) is 11.5 Å². The highest BCUT2D eigenvalue weighted by molar-refractivity contribution is 5.97. The molecule has 1 fully saturated rings. The van der Waals surface area contributed by atoms with Crippen LogP contribution in [0.15, 0.2) is 30.0 Å². The predicted molar refractivity (Wildman–Crippen MR) is 104 cm³/mol. The van der Waals surface area contributed by atoms with Gasteiger partial charge in [-0.3, -0.25) is 4.79 Å². The molecule has 1 amide bonds. The first-order valence-electron chi connectivity index (χ1n) is 9.44. The maximum Gasteiger partial charge on any atom is 0.263 e. The smallest absolute Gasteiger partial charge is 0.263 e. The number of amides is 1. The molecule has 1 N–H and O–H groups in total. The van der Waals surface area contributed by atoms with E-state index in [4.69, 9.17) is 9.47 Å². The molecule has 2 unspecified atom stereocenters. The molecule has 146 valence electrons. The molecular weight excluding hydrogens is 342 g/mol. The SMILES string of the molecule is CCC1CCCCN1/C=C(/C#N)C(=O)NC(C)c1ccc(OC)c(OC)c1. The Bertz CT molecular complexity index is 724. The molecule has 1 aliphatic rings. The van der Waals surface area contributed by atoms with Gasteiger partial charge in [-0.05, 0) is 50.3 Å². The average molecular weight is 371 g/mol. The topological polar surface area (TPSA) is 74.6 Å². The Morgan fingerprint density at radius 1 is 1.37 bits per heavy atom. The zero-order valence-electron chi connectivity index (χ0n) is 16.6. The van der Waals surface area contributed by atoms with E-state index in [0.717, 1.165) is 31.4 Å². The van der Waals surface area contributed by atoms with Crippen LogP contribution in [0.4, 0.5) is 0 Å². The third kappa shape index (κ3) is 5.16. The van der Waals surface area contributed by atoms with Crippen molar-refractivity contribution in [1.29, 1.82) is 5.26 Å². The molecular formula is C21H29N3O3. The monoisotopic (exact) mass is 371 g/mol. The van der Waals surface area contributed by atoms with Gasteiger partial charge in [-0.15, -0.1) is 0 Å². The minimum atomic E-state index is -0.361. The number of hydrogen-bond acceptors (Lipinski definition) is 5. The zero-order chi connectivity index (χ0) is 19.8. The standard InChI is InChI=1S/C21H29N3O3/c1-5-18-8-6-7-11-24(18)14-17(13-22)21(25)23-15(2)16-9-10-19(26-3)20(12-16)27-4/h9-10,12,14-15,18H,5-8,11H2,1-4H3,(H,23,25)/b17-14-. The van der Waals surface area contributed by atoms with Crippen molar-refractivity contribution < 1.29 is 14.3 Å². The molecule has 0 aliphatic carbocycles. The van der Waals surface area contributed by atoms with Gasteiger partial charge in [0, 0.05) is 18.8 Å². The number of likely N-dealkylation sites (tertiary alicyclic amines) is 1. The summed E-state index contributed by atoms with van der Waals surface area (Å²) in [5.41, 5.74) is 1.02. The van der Waals surface area contributed by atoms with E-state index in [2.05, 4.69) is 23.2 Å². The number of rotatable bonds is 7. The molecule has 0 radical (unpaired) electrons. The van der Waals surface area contributed by atoms with Crippen LogP contribution < -0.4 is 14.8 Å². The molecule has 0 spiro atoms. The molecule has 1 heterocycles. The van der Waals surface area contributed by atoms with Crippen LogP contribution in [0.2, 0.25) is 0 Å². The molecule has 1 aliphatic heterocycles. The fraction of sp³-hybridized carbons (Fsp3) is 0.524. The summed E-state index contributed by atoms with van der Waals surface area (Å²) in [5.74, 6) is 0.875. The summed E-state index contributed by atoms with van der Waals surface area (Å²) in [4.78, 5) is 14.8. The van der Waals surface area contributed by atoms with Crippen molar-refractivity contribution in [1.82, 2.24) is 10.2 Å². The highest BCUT2D eigenvalue weighted by atomic mass is 16.5. The van der Waals surface area contributed by atoms with Crippen LogP contribution >= 0.6 is 0 Å². The van der Waals surface area contributed by atoms with Gasteiger partial charge in [0.05, 0.1) is 20.3 Å². The van der Waals surface area contributed by atoms with Crippen molar-refractivity contribution in [2.24, 2.45) is 0 Å². The summed E-state index contributed by atoms with van der Waals surface area (Å²) >= 11 is 0. The molecule has 1 aromatic rings. The number of carbonyl (C=O) groups is 1. The van der Waals surface area contributed by atoms with Gasteiger partial charge in [-0.1, -0.05) is 13.0 Å². The number of carbonyl (C=O) groups excluding carboxylic acids is 1. The Labute approximate surface area is 161 Å². The van der Waals surface area contributed by atoms with Crippen molar-refractivity contribution in [3.05, 3.63) is 35.5 Å². The van der Waals surface area contributed by atoms with E-state index in [1.165, 1.54) is 6.42 Å². The van der Waals surface area contributed by atoms with Crippen LogP contribution in [0.1, 0.15) is 51.1 Å².